The van der Waals surface area contributed by atoms with E-state index in [1.807, 2.05) is 37.8 Å². The first-order valence-corrected chi connectivity index (χ1v) is 10.4. The van der Waals surface area contributed by atoms with Gasteiger partial charge in [0, 0.05) is 24.8 Å². The topological polar surface area (TPSA) is 114 Å². The summed E-state index contributed by atoms with van der Waals surface area (Å²) in [6.07, 6.45) is 2.87. The summed E-state index contributed by atoms with van der Waals surface area (Å²) in [7, 11) is 0. The molecule has 0 aliphatic carbocycles. The maximum absolute atomic E-state index is 12.0. The number of carbonyl (C=O) groups excluding carboxylic acids is 1. The predicted octanol–water partition coefficient (Wildman–Crippen LogP) is 3.49. The van der Waals surface area contributed by atoms with E-state index < -0.39 is 11.7 Å². The molecule has 3 aromatic rings. The average molecular weight is 435 g/mol. The van der Waals surface area contributed by atoms with E-state index in [0.717, 1.165) is 16.5 Å². The van der Waals surface area contributed by atoms with Crippen molar-refractivity contribution in [1.29, 1.82) is 5.26 Å². The summed E-state index contributed by atoms with van der Waals surface area (Å²) >= 11 is 0. The van der Waals surface area contributed by atoms with E-state index in [1.54, 1.807) is 24.6 Å². The molecule has 1 unspecified atom stereocenters. The number of carbonyl (C=O) groups is 1. The molecule has 1 aliphatic heterocycles. The van der Waals surface area contributed by atoms with E-state index in [0.29, 0.717) is 43.5 Å². The summed E-state index contributed by atoms with van der Waals surface area (Å²) in [5, 5.41) is 12.7. The van der Waals surface area contributed by atoms with Gasteiger partial charge in [0.2, 0.25) is 11.7 Å². The summed E-state index contributed by atoms with van der Waals surface area (Å²) in [5.41, 5.74) is 2.16. The number of morpholine rings is 1. The highest BCUT2D eigenvalue weighted by Gasteiger charge is 2.27. The molecule has 166 valence electrons. The van der Waals surface area contributed by atoms with Crippen molar-refractivity contribution in [1.82, 2.24) is 15.3 Å². The molecule has 1 amide bonds. The van der Waals surface area contributed by atoms with Crippen LogP contribution in [0, 0.1) is 11.3 Å². The average Bonchev–Trinajstić information content (AvgIpc) is 3.20. The Morgan fingerprint density at radius 3 is 3.03 bits per heavy atom. The van der Waals surface area contributed by atoms with Gasteiger partial charge >= 0.3 is 6.09 Å². The normalized spacial score (nSPS) is 16.6. The molecule has 1 N–H and O–H groups in total. The number of rotatable bonds is 4. The van der Waals surface area contributed by atoms with E-state index in [1.165, 1.54) is 0 Å². The molecule has 1 atom stereocenters. The molecule has 1 aromatic carbocycles. The number of nitriles is 1. The van der Waals surface area contributed by atoms with Crippen LogP contribution in [0.4, 0.5) is 10.7 Å². The molecule has 2 aromatic heterocycles. The fourth-order valence-corrected chi connectivity index (χ4v) is 3.53. The maximum atomic E-state index is 12.0. The maximum Gasteiger partial charge on any atom is 0.407 e. The Balaban J connectivity index is 1.54. The van der Waals surface area contributed by atoms with Gasteiger partial charge in [0.05, 0.1) is 36.3 Å². The lowest BCUT2D eigenvalue weighted by Gasteiger charge is -2.35. The quantitative estimate of drug-likeness (QED) is 0.662. The van der Waals surface area contributed by atoms with Gasteiger partial charge in [-0.2, -0.15) is 10.2 Å². The van der Waals surface area contributed by atoms with E-state index in [9.17, 15) is 4.79 Å². The Morgan fingerprint density at radius 1 is 1.41 bits per heavy atom. The Bertz CT molecular complexity index is 1160. The van der Waals surface area contributed by atoms with Crippen LogP contribution in [-0.2, 0) is 9.47 Å². The Labute approximate surface area is 186 Å². The Morgan fingerprint density at radius 2 is 2.25 bits per heavy atom. The molecular weight excluding hydrogens is 410 g/mol. The molecule has 0 saturated carbocycles. The third kappa shape index (κ3) is 4.81. The van der Waals surface area contributed by atoms with Crippen molar-refractivity contribution >= 4 is 23.1 Å². The minimum absolute atomic E-state index is 0.143. The minimum Gasteiger partial charge on any atom is -0.445 e. The summed E-state index contributed by atoms with van der Waals surface area (Å²) in [6.45, 7) is 7.35. The highest BCUT2D eigenvalue weighted by molar-refractivity contribution is 5.92. The molecule has 0 spiro atoms. The van der Waals surface area contributed by atoms with Crippen molar-refractivity contribution in [2.24, 2.45) is 0 Å². The first kappa shape index (κ1) is 21.6. The summed E-state index contributed by atoms with van der Waals surface area (Å²) in [6, 6.07) is 9.31. The second-order valence-corrected chi connectivity index (χ2v) is 8.54. The third-order valence-electron chi connectivity index (χ3n) is 4.99. The number of fused-ring (bicyclic) bond motifs is 1. The van der Waals surface area contributed by atoms with Crippen LogP contribution in [0.3, 0.4) is 0 Å². The summed E-state index contributed by atoms with van der Waals surface area (Å²) in [5.74, 6) is 0.503. The molecule has 4 rings (SSSR count). The van der Waals surface area contributed by atoms with Gasteiger partial charge in [0.1, 0.15) is 11.9 Å². The van der Waals surface area contributed by atoms with Gasteiger partial charge in [-0.25, -0.2) is 9.78 Å². The van der Waals surface area contributed by atoms with Crippen molar-refractivity contribution in [3.63, 3.8) is 0 Å². The van der Waals surface area contributed by atoms with E-state index in [-0.39, 0.29) is 6.04 Å². The fourth-order valence-electron chi connectivity index (χ4n) is 3.53. The van der Waals surface area contributed by atoms with Crippen molar-refractivity contribution in [3.8, 4) is 17.2 Å². The number of alkyl carbamates (subject to hydrolysis) is 1. The fraction of sp³-hybridized carbons (Fsp3) is 0.391. The zero-order valence-corrected chi connectivity index (χ0v) is 18.3. The molecule has 1 fully saturated rings. The number of benzene rings is 1. The van der Waals surface area contributed by atoms with Crippen LogP contribution in [-0.4, -0.2) is 54.0 Å². The lowest BCUT2D eigenvalue weighted by atomic mass is 10.0. The van der Waals surface area contributed by atoms with Crippen molar-refractivity contribution in [2.45, 2.75) is 32.4 Å². The zero-order valence-electron chi connectivity index (χ0n) is 18.3. The molecule has 32 heavy (non-hydrogen) atoms. The van der Waals surface area contributed by atoms with Crippen LogP contribution in [0.1, 0.15) is 26.3 Å². The lowest BCUT2D eigenvalue weighted by molar-refractivity contribution is 0.0497. The molecule has 1 saturated heterocycles. The van der Waals surface area contributed by atoms with Gasteiger partial charge in [0.15, 0.2) is 0 Å². The van der Waals surface area contributed by atoms with Gasteiger partial charge in [0.25, 0.3) is 0 Å². The van der Waals surface area contributed by atoms with E-state index in [2.05, 4.69) is 21.4 Å². The van der Waals surface area contributed by atoms with Gasteiger partial charge in [-0.1, -0.05) is 12.1 Å². The molecule has 0 bridgehead atoms. The number of anilines is 1. The largest absolute Gasteiger partial charge is 0.445 e. The molecule has 1 aliphatic rings. The monoisotopic (exact) mass is 435 g/mol. The highest BCUT2D eigenvalue weighted by Crippen LogP contribution is 2.31. The number of aromatic nitrogens is 2. The Hall–Kier alpha value is -3.64. The lowest BCUT2D eigenvalue weighted by Crippen LogP contribution is -2.52. The highest BCUT2D eigenvalue weighted by atomic mass is 16.6. The second kappa shape index (κ2) is 8.85. The smallest absolute Gasteiger partial charge is 0.407 e. The van der Waals surface area contributed by atoms with Gasteiger partial charge in [-0.05, 0) is 38.5 Å². The van der Waals surface area contributed by atoms with E-state index in [4.69, 9.17) is 19.2 Å². The molecule has 9 heteroatoms. The number of furan rings is 1. The first-order chi connectivity index (χ1) is 15.3. The van der Waals surface area contributed by atoms with Crippen LogP contribution in [0.5, 0.6) is 0 Å². The Kier molecular flexibility index (Phi) is 5.97. The van der Waals surface area contributed by atoms with Crippen LogP contribution in [0.25, 0.3) is 22.2 Å². The van der Waals surface area contributed by atoms with Gasteiger partial charge < -0.3 is 24.1 Å². The number of amides is 1. The number of ether oxygens (including phenoxy) is 2. The van der Waals surface area contributed by atoms with Gasteiger partial charge in [-0.3, -0.25) is 0 Å². The molecular formula is C23H25N5O4. The number of nitrogens with one attached hydrogen (secondary N) is 1. The first-order valence-electron chi connectivity index (χ1n) is 10.4. The second-order valence-electron chi connectivity index (χ2n) is 8.54. The third-order valence-corrected chi connectivity index (χ3v) is 4.99. The molecule has 0 radical (unpaired) electrons. The van der Waals surface area contributed by atoms with Crippen LogP contribution < -0.4 is 10.2 Å². The zero-order chi connectivity index (χ0) is 22.7. The summed E-state index contributed by atoms with van der Waals surface area (Å²) in [4.78, 5) is 23.2. The van der Waals surface area contributed by atoms with Crippen molar-refractivity contribution in [3.05, 3.63) is 42.3 Å². The predicted molar refractivity (Wildman–Crippen MR) is 118 cm³/mol. The molecule has 3 heterocycles. The van der Waals surface area contributed by atoms with Crippen molar-refractivity contribution < 1.29 is 18.7 Å². The number of hydrogen-bond acceptors (Lipinski definition) is 8. The van der Waals surface area contributed by atoms with Crippen LogP contribution >= 0.6 is 0 Å². The minimum atomic E-state index is -0.565. The van der Waals surface area contributed by atoms with Crippen LogP contribution in [0.15, 0.2) is 41.1 Å². The van der Waals surface area contributed by atoms with Gasteiger partial charge in [-0.15, -0.1) is 0 Å². The SMILES string of the molecule is CC(C)(C)OC(=O)NCC1COCCN1c1ncc2c(-c3cccc(C#N)c3)coc2n1. The summed E-state index contributed by atoms with van der Waals surface area (Å²) < 4.78 is 16.6. The van der Waals surface area contributed by atoms with Crippen molar-refractivity contribution in [2.75, 3.05) is 31.2 Å². The number of nitrogens with zero attached hydrogens (tertiary/aromatic N) is 4. The van der Waals surface area contributed by atoms with Crippen LogP contribution in [0.2, 0.25) is 0 Å². The standard InChI is InChI=1S/C23H25N5O4/c1-23(2,3)32-22(29)26-11-17-13-30-8-7-28(17)21-25-12-18-19(14-31-20(18)27-21)16-6-4-5-15(9-16)10-24/h4-6,9,12,14,17H,7-8,11,13H2,1-3H3,(H,26,29). The van der Waals surface area contributed by atoms with E-state index >= 15 is 0 Å². The molecule has 9 nitrogen and oxygen atoms in total. The number of hydrogen-bond donors (Lipinski definition) is 1.